The number of fused-ring (bicyclic) bond motifs is 1. The lowest BCUT2D eigenvalue weighted by molar-refractivity contribution is 0.413. The van der Waals surface area contributed by atoms with E-state index >= 15 is 0 Å². The average molecular weight is 409 g/mol. The van der Waals surface area contributed by atoms with Gasteiger partial charge in [-0.15, -0.1) is 12.4 Å². The molecule has 0 spiro atoms. The minimum absolute atomic E-state index is 0. The highest BCUT2D eigenvalue weighted by atomic mass is 35.5. The molecule has 1 saturated heterocycles. The molecule has 0 radical (unpaired) electrons. The molecule has 0 aliphatic carbocycles. The molecule has 2 aromatic carbocycles. The molecule has 7 heteroatoms. The van der Waals surface area contributed by atoms with Gasteiger partial charge in [-0.25, -0.2) is 8.42 Å². The predicted octanol–water partition coefficient (Wildman–Crippen LogP) is 3.06. The predicted molar refractivity (Wildman–Crippen MR) is 109 cm³/mol. The van der Waals surface area contributed by atoms with Gasteiger partial charge in [-0.2, -0.15) is 0 Å². The number of hydrogen-bond acceptors (Lipinski definition) is 5. The Kier molecular flexibility index (Phi) is 5.99. The number of piperidine rings is 1. The zero-order valence-corrected chi connectivity index (χ0v) is 17.0. The number of ether oxygens (including phenoxy) is 1. The van der Waals surface area contributed by atoms with E-state index in [2.05, 4.69) is 10.2 Å². The van der Waals surface area contributed by atoms with Crippen LogP contribution in [0.1, 0.15) is 18.4 Å². The van der Waals surface area contributed by atoms with Crippen LogP contribution < -0.4 is 15.0 Å². The molecule has 5 nitrogen and oxygen atoms in total. The monoisotopic (exact) mass is 408 g/mol. The van der Waals surface area contributed by atoms with Crippen molar-refractivity contribution in [2.75, 3.05) is 31.6 Å². The van der Waals surface area contributed by atoms with Crippen LogP contribution >= 0.6 is 12.4 Å². The van der Waals surface area contributed by atoms with Crippen molar-refractivity contribution < 1.29 is 13.2 Å². The number of nitrogens with zero attached hydrogens (tertiary/aromatic N) is 1. The van der Waals surface area contributed by atoms with Crippen molar-refractivity contribution in [3.63, 3.8) is 0 Å². The van der Waals surface area contributed by atoms with E-state index in [0.29, 0.717) is 16.7 Å². The van der Waals surface area contributed by atoms with Crippen LogP contribution in [0.15, 0.2) is 52.3 Å². The third kappa shape index (κ3) is 3.79. The van der Waals surface area contributed by atoms with E-state index in [1.54, 1.807) is 30.3 Å². The zero-order chi connectivity index (χ0) is 18.1. The fraction of sp³-hybridized carbons (Fsp3) is 0.400. The van der Waals surface area contributed by atoms with Crippen molar-refractivity contribution in [1.29, 1.82) is 0 Å². The van der Waals surface area contributed by atoms with Crippen molar-refractivity contribution in [1.82, 2.24) is 5.32 Å². The summed E-state index contributed by atoms with van der Waals surface area (Å²) in [5.74, 6) is 0.546. The summed E-state index contributed by atoms with van der Waals surface area (Å²) in [6.07, 6.45) is 3.19. The van der Waals surface area contributed by atoms with Crippen LogP contribution in [-0.4, -0.2) is 41.2 Å². The SMILES string of the molecule is COc1cccc(S(=O)(=O)c2ccc3c(c2)CCN3C2CCNCC2)c1.Cl. The van der Waals surface area contributed by atoms with E-state index in [9.17, 15) is 8.42 Å². The first-order valence-corrected chi connectivity index (χ1v) is 10.6. The Labute approximate surface area is 167 Å². The molecule has 2 heterocycles. The first kappa shape index (κ1) is 20.0. The van der Waals surface area contributed by atoms with Gasteiger partial charge in [0.25, 0.3) is 0 Å². The lowest BCUT2D eigenvalue weighted by Gasteiger charge is -2.33. The number of rotatable bonds is 4. The summed E-state index contributed by atoms with van der Waals surface area (Å²) in [6.45, 7) is 3.08. The van der Waals surface area contributed by atoms with Crippen LogP contribution in [-0.2, 0) is 16.3 Å². The van der Waals surface area contributed by atoms with Gasteiger partial charge in [0.05, 0.1) is 16.9 Å². The number of sulfone groups is 1. The van der Waals surface area contributed by atoms with E-state index < -0.39 is 9.84 Å². The molecule has 0 bridgehead atoms. The topological polar surface area (TPSA) is 58.6 Å². The quantitative estimate of drug-likeness (QED) is 0.842. The lowest BCUT2D eigenvalue weighted by atomic mass is 10.0. The summed E-state index contributed by atoms with van der Waals surface area (Å²) in [5.41, 5.74) is 2.33. The van der Waals surface area contributed by atoms with Crippen LogP contribution in [0.3, 0.4) is 0 Å². The number of benzene rings is 2. The normalized spacial score (nSPS) is 17.3. The molecule has 0 unspecified atom stereocenters. The average Bonchev–Trinajstić information content (AvgIpc) is 3.12. The summed E-state index contributed by atoms with van der Waals surface area (Å²) in [6, 6.07) is 12.8. The Hall–Kier alpha value is -1.76. The van der Waals surface area contributed by atoms with Gasteiger partial charge in [0.1, 0.15) is 5.75 Å². The smallest absolute Gasteiger partial charge is 0.206 e. The highest BCUT2D eigenvalue weighted by molar-refractivity contribution is 7.91. The maximum atomic E-state index is 13.0. The summed E-state index contributed by atoms with van der Waals surface area (Å²) in [4.78, 5) is 3.08. The molecule has 0 aromatic heterocycles. The summed E-state index contributed by atoms with van der Waals surface area (Å²) < 4.78 is 31.2. The maximum Gasteiger partial charge on any atom is 0.206 e. The Morgan fingerprint density at radius 2 is 1.81 bits per heavy atom. The van der Waals surface area contributed by atoms with Gasteiger partial charge in [-0.05, 0) is 74.3 Å². The lowest BCUT2D eigenvalue weighted by Crippen LogP contribution is -2.42. The van der Waals surface area contributed by atoms with Crippen molar-refractivity contribution in [3.8, 4) is 5.75 Å². The summed E-state index contributed by atoms with van der Waals surface area (Å²) in [7, 11) is -2.01. The molecule has 1 fully saturated rings. The Morgan fingerprint density at radius 3 is 2.56 bits per heavy atom. The van der Waals surface area contributed by atoms with E-state index in [1.807, 2.05) is 12.1 Å². The Morgan fingerprint density at radius 1 is 1.07 bits per heavy atom. The largest absolute Gasteiger partial charge is 0.497 e. The van der Waals surface area contributed by atoms with Crippen LogP contribution in [0.4, 0.5) is 5.69 Å². The fourth-order valence-corrected chi connectivity index (χ4v) is 5.32. The molecule has 146 valence electrons. The number of halogens is 1. The summed E-state index contributed by atoms with van der Waals surface area (Å²) >= 11 is 0. The minimum atomic E-state index is -3.54. The molecule has 27 heavy (non-hydrogen) atoms. The van der Waals surface area contributed by atoms with Gasteiger partial charge in [0, 0.05) is 18.3 Å². The molecular formula is C20H25ClN2O3S. The zero-order valence-electron chi connectivity index (χ0n) is 15.3. The summed E-state index contributed by atoms with van der Waals surface area (Å²) in [5, 5.41) is 3.40. The van der Waals surface area contributed by atoms with E-state index in [4.69, 9.17) is 4.74 Å². The fourth-order valence-electron chi connectivity index (χ4n) is 3.97. The number of nitrogens with one attached hydrogen (secondary N) is 1. The van der Waals surface area contributed by atoms with Gasteiger partial charge >= 0.3 is 0 Å². The molecule has 2 aliphatic heterocycles. The minimum Gasteiger partial charge on any atom is -0.497 e. The second kappa shape index (κ2) is 8.09. The van der Waals surface area contributed by atoms with Crippen molar-refractivity contribution >= 4 is 27.9 Å². The molecular weight excluding hydrogens is 384 g/mol. The van der Waals surface area contributed by atoms with Crippen LogP contribution in [0.25, 0.3) is 0 Å². The van der Waals surface area contributed by atoms with Gasteiger partial charge in [-0.3, -0.25) is 0 Å². The standard InChI is InChI=1S/C20H24N2O3S.ClH/c1-25-17-3-2-4-18(14-17)26(23,24)19-5-6-20-15(13-19)9-12-22(20)16-7-10-21-11-8-16;/h2-6,13-14,16,21H,7-12H2,1H3;1H. The molecule has 2 aliphatic rings. The molecule has 4 rings (SSSR count). The van der Waals surface area contributed by atoms with Gasteiger partial charge in [0.2, 0.25) is 9.84 Å². The van der Waals surface area contributed by atoms with E-state index in [0.717, 1.165) is 44.5 Å². The number of hydrogen-bond donors (Lipinski definition) is 1. The third-order valence-electron chi connectivity index (χ3n) is 5.39. The van der Waals surface area contributed by atoms with Crippen molar-refractivity contribution in [2.45, 2.75) is 35.1 Å². The molecule has 0 saturated carbocycles. The molecule has 2 aromatic rings. The van der Waals surface area contributed by atoms with Crippen LogP contribution in [0, 0.1) is 0 Å². The third-order valence-corrected chi connectivity index (χ3v) is 7.14. The number of methoxy groups -OCH3 is 1. The van der Waals surface area contributed by atoms with Gasteiger partial charge < -0.3 is 15.0 Å². The highest BCUT2D eigenvalue weighted by Crippen LogP contribution is 2.35. The molecule has 0 atom stereocenters. The maximum absolute atomic E-state index is 13.0. The second-order valence-electron chi connectivity index (χ2n) is 6.90. The van der Waals surface area contributed by atoms with Gasteiger partial charge in [-0.1, -0.05) is 6.07 Å². The second-order valence-corrected chi connectivity index (χ2v) is 8.85. The Balaban J connectivity index is 0.00000210. The van der Waals surface area contributed by atoms with Crippen molar-refractivity contribution in [3.05, 3.63) is 48.0 Å². The van der Waals surface area contributed by atoms with E-state index in [-0.39, 0.29) is 17.3 Å². The van der Waals surface area contributed by atoms with Crippen molar-refractivity contribution in [2.24, 2.45) is 0 Å². The highest BCUT2D eigenvalue weighted by Gasteiger charge is 2.29. The van der Waals surface area contributed by atoms with Crippen LogP contribution in [0.2, 0.25) is 0 Å². The van der Waals surface area contributed by atoms with E-state index in [1.165, 1.54) is 12.8 Å². The number of anilines is 1. The Bertz CT molecular complexity index is 911. The molecule has 1 N–H and O–H groups in total. The molecule has 0 amide bonds. The van der Waals surface area contributed by atoms with Crippen LogP contribution in [0.5, 0.6) is 5.75 Å². The first-order chi connectivity index (χ1) is 12.6. The van der Waals surface area contributed by atoms with Gasteiger partial charge in [0.15, 0.2) is 0 Å². The first-order valence-electron chi connectivity index (χ1n) is 9.09.